The summed E-state index contributed by atoms with van der Waals surface area (Å²) in [5, 5.41) is 0. The molecule has 0 saturated heterocycles. The highest BCUT2D eigenvalue weighted by Gasteiger charge is 2.40. The van der Waals surface area contributed by atoms with Crippen molar-refractivity contribution >= 4 is 11.4 Å². The molecule has 6 rings (SSSR count). The number of ketones is 1. The van der Waals surface area contributed by atoms with Crippen LogP contribution in [0.2, 0.25) is 0 Å². The molecule has 0 unspecified atom stereocenters. The molecule has 5 aromatic rings. The number of aromatic nitrogens is 2. The number of benzene rings is 4. The Morgan fingerprint density at radius 2 is 1.18 bits per heavy atom. The molecule has 0 bridgehead atoms. The Hall–Kier alpha value is -4.76. The highest BCUT2D eigenvalue weighted by Crippen LogP contribution is 2.44. The van der Waals surface area contributed by atoms with E-state index in [1.165, 1.54) is 27.8 Å². The van der Waals surface area contributed by atoms with Crippen LogP contribution in [0.4, 0.5) is 0 Å². The quantitative estimate of drug-likeness (QED) is 0.117. The van der Waals surface area contributed by atoms with Gasteiger partial charge >= 0.3 is 0 Å². The van der Waals surface area contributed by atoms with Crippen LogP contribution in [0, 0.1) is 0 Å². The molecule has 1 aromatic heterocycles. The summed E-state index contributed by atoms with van der Waals surface area (Å²) in [6.45, 7) is 0. The lowest BCUT2D eigenvalue weighted by molar-refractivity contribution is 0.104. The van der Waals surface area contributed by atoms with Gasteiger partial charge in [0.2, 0.25) is 0 Å². The van der Waals surface area contributed by atoms with Crippen LogP contribution in [0.25, 0.3) is 5.57 Å². The van der Waals surface area contributed by atoms with Crippen LogP contribution in [0.15, 0.2) is 152 Å². The van der Waals surface area contributed by atoms with E-state index >= 15 is 0 Å². The summed E-state index contributed by atoms with van der Waals surface area (Å²) in [4.78, 5) is 17.7. The Balaban J connectivity index is 1.56. The molecule has 0 fully saturated rings. The summed E-state index contributed by atoms with van der Waals surface area (Å²) in [5.41, 5.74) is 7.13. The second-order valence-electron chi connectivity index (χ2n) is 10.2. The van der Waals surface area contributed by atoms with Crippen molar-refractivity contribution in [1.82, 2.24) is 9.55 Å². The smallest absolute Gasteiger partial charge is 0.185 e. The fourth-order valence-corrected chi connectivity index (χ4v) is 6.02. The molecule has 0 amide bonds. The maximum atomic E-state index is 12.9. The third-order valence-corrected chi connectivity index (χ3v) is 7.89. The van der Waals surface area contributed by atoms with Crippen LogP contribution in [0.3, 0.4) is 0 Å². The Labute approximate surface area is 236 Å². The molecule has 3 nitrogen and oxygen atoms in total. The summed E-state index contributed by atoms with van der Waals surface area (Å²) >= 11 is 0. The van der Waals surface area contributed by atoms with Crippen LogP contribution >= 0.6 is 0 Å². The van der Waals surface area contributed by atoms with Gasteiger partial charge in [-0.05, 0) is 59.6 Å². The molecule has 0 N–H and O–H groups in total. The normalized spacial score (nSPS) is 14.0. The van der Waals surface area contributed by atoms with E-state index in [2.05, 4.69) is 95.6 Å². The van der Waals surface area contributed by atoms with Gasteiger partial charge < -0.3 is 4.57 Å². The van der Waals surface area contributed by atoms with E-state index in [1.807, 2.05) is 48.9 Å². The lowest BCUT2D eigenvalue weighted by Crippen LogP contribution is -2.38. The largest absolute Gasteiger partial charge is 0.312 e. The lowest BCUT2D eigenvalue weighted by Gasteiger charge is -2.39. The number of carbonyl (C=O) groups is 1. The van der Waals surface area contributed by atoms with E-state index in [9.17, 15) is 4.79 Å². The minimum Gasteiger partial charge on any atom is -0.312 e. The lowest BCUT2D eigenvalue weighted by atomic mass is 9.76. The van der Waals surface area contributed by atoms with Crippen LogP contribution in [0.1, 0.15) is 58.4 Å². The average molecular weight is 521 g/mol. The standard InChI is InChI=1S/C37H32N2O/c40-36(30-16-5-1-6-17-30)26-25-29-15-13-14-24-34(29)35-27-38-28-39(35)37(31-18-7-2-8-19-31,32-20-9-3-10-21-32)33-22-11-4-12-23-33/h1-12,16-23,25-28H,13-15,24H2/b26-25+. The molecule has 1 heterocycles. The van der Waals surface area contributed by atoms with Crippen molar-refractivity contribution in [2.45, 2.75) is 31.2 Å². The number of carbonyl (C=O) groups excluding carboxylic acids is 1. The number of hydrogen-bond donors (Lipinski definition) is 0. The van der Waals surface area contributed by atoms with Gasteiger partial charge in [0, 0.05) is 5.56 Å². The Morgan fingerprint density at radius 3 is 1.73 bits per heavy atom. The Kier molecular flexibility index (Phi) is 7.37. The van der Waals surface area contributed by atoms with Gasteiger partial charge in [-0.2, -0.15) is 0 Å². The fourth-order valence-electron chi connectivity index (χ4n) is 6.02. The Morgan fingerprint density at radius 1 is 0.675 bits per heavy atom. The molecular weight excluding hydrogens is 488 g/mol. The summed E-state index contributed by atoms with van der Waals surface area (Å²) in [6, 6.07) is 41.6. The first-order valence-electron chi connectivity index (χ1n) is 14.0. The van der Waals surface area contributed by atoms with Crippen molar-refractivity contribution in [2.75, 3.05) is 0 Å². The third-order valence-electron chi connectivity index (χ3n) is 7.89. The van der Waals surface area contributed by atoms with Gasteiger partial charge in [-0.3, -0.25) is 4.79 Å². The molecule has 0 aliphatic heterocycles. The minimum atomic E-state index is -0.630. The van der Waals surface area contributed by atoms with E-state index in [4.69, 9.17) is 4.98 Å². The van der Waals surface area contributed by atoms with E-state index in [0.717, 1.165) is 31.4 Å². The number of imidazole rings is 1. The summed E-state index contributed by atoms with van der Waals surface area (Å²) < 4.78 is 2.35. The summed E-state index contributed by atoms with van der Waals surface area (Å²) in [5.74, 6) is 0.0266. The first kappa shape index (κ1) is 25.5. The maximum Gasteiger partial charge on any atom is 0.185 e. The zero-order valence-corrected chi connectivity index (χ0v) is 22.5. The zero-order valence-electron chi connectivity index (χ0n) is 22.5. The highest BCUT2D eigenvalue weighted by atomic mass is 16.1. The number of nitrogens with zero attached hydrogens (tertiary/aromatic N) is 2. The van der Waals surface area contributed by atoms with Crippen LogP contribution in [-0.2, 0) is 5.54 Å². The number of hydrogen-bond acceptors (Lipinski definition) is 2. The van der Waals surface area contributed by atoms with Gasteiger partial charge in [0.25, 0.3) is 0 Å². The molecule has 1 aliphatic carbocycles. The SMILES string of the molecule is O=C(/C=C/C1=C(c2cncn2C(c2ccccc2)(c2ccccc2)c2ccccc2)CCCC1)c1ccccc1. The summed E-state index contributed by atoms with van der Waals surface area (Å²) in [6.07, 6.45) is 11.8. The van der Waals surface area contributed by atoms with Crippen molar-refractivity contribution in [3.8, 4) is 0 Å². The Bertz CT molecular complexity index is 1540. The van der Waals surface area contributed by atoms with Gasteiger partial charge in [-0.1, -0.05) is 127 Å². The van der Waals surface area contributed by atoms with Gasteiger partial charge in [-0.25, -0.2) is 4.98 Å². The first-order valence-corrected chi connectivity index (χ1v) is 14.0. The van der Waals surface area contributed by atoms with Gasteiger partial charge in [0.05, 0.1) is 18.2 Å². The van der Waals surface area contributed by atoms with Crippen molar-refractivity contribution in [1.29, 1.82) is 0 Å². The van der Waals surface area contributed by atoms with Crippen molar-refractivity contribution in [2.24, 2.45) is 0 Å². The van der Waals surface area contributed by atoms with Crippen molar-refractivity contribution in [3.63, 3.8) is 0 Å². The minimum absolute atomic E-state index is 0.0266. The van der Waals surface area contributed by atoms with Crippen LogP contribution in [0.5, 0.6) is 0 Å². The predicted molar refractivity (Wildman–Crippen MR) is 162 cm³/mol. The molecule has 0 radical (unpaired) electrons. The average Bonchev–Trinajstić information content (AvgIpc) is 3.52. The molecule has 0 saturated carbocycles. The third kappa shape index (κ3) is 4.76. The molecule has 196 valence electrons. The van der Waals surface area contributed by atoms with E-state index in [1.54, 1.807) is 6.08 Å². The second-order valence-corrected chi connectivity index (χ2v) is 10.2. The van der Waals surface area contributed by atoms with E-state index < -0.39 is 5.54 Å². The van der Waals surface area contributed by atoms with E-state index in [0.29, 0.717) is 5.56 Å². The number of allylic oxidation sites excluding steroid dienone is 4. The molecule has 4 aromatic carbocycles. The van der Waals surface area contributed by atoms with Crippen molar-refractivity contribution < 1.29 is 4.79 Å². The monoisotopic (exact) mass is 520 g/mol. The summed E-state index contributed by atoms with van der Waals surface area (Å²) in [7, 11) is 0. The topological polar surface area (TPSA) is 34.9 Å². The fraction of sp³-hybridized carbons (Fsp3) is 0.135. The second kappa shape index (κ2) is 11.5. The first-order chi connectivity index (χ1) is 19.8. The maximum absolute atomic E-state index is 12.9. The molecule has 1 aliphatic rings. The molecule has 3 heteroatoms. The molecular formula is C37H32N2O. The number of rotatable bonds is 8. The zero-order chi connectivity index (χ0) is 27.2. The predicted octanol–water partition coefficient (Wildman–Crippen LogP) is 8.49. The van der Waals surface area contributed by atoms with Gasteiger partial charge in [0.1, 0.15) is 5.54 Å². The molecule has 0 spiro atoms. The van der Waals surface area contributed by atoms with Crippen LogP contribution < -0.4 is 0 Å². The van der Waals surface area contributed by atoms with E-state index in [-0.39, 0.29) is 5.78 Å². The van der Waals surface area contributed by atoms with Crippen LogP contribution in [-0.4, -0.2) is 15.3 Å². The van der Waals surface area contributed by atoms with Crippen molar-refractivity contribution in [3.05, 3.63) is 180 Å². The van der Waals surface area contributed by atoms with Gasteiger partial charge in [0.15, 0.2) is 5.78 Å². The molecule has 0 atom stereocenters. The van der Waals surface area contributed by atoms with Gasteiger partial charge in [-0.15, -0.1) is 0 Å². The molecule has 40 heavy (non-hydrogen) atoms. The highest BCUT2D eigenvalue weighted by molar-refractivity contribution is 6.04.